The number of benzene rings is 4. The summed E-state index contributed by atoms with van der Waals surface area (Å²) in [6, 6.07) is 23.2. The van der Waals surface area contributed by atoms with Crippen LogP contribution in [0, 0.1) is 20.8 Å². The smallest absolute Gasteiger partial charge is 0.265 e. The quantitative estimate of drug-likeness (QED) is 0.335. The van der Waals surface area contributed by atoms with Crippen LogP contribution in [0.1, 0.15) is 16.7 Å². The first kappa shape index (κ1) is 26.5. The van der Waals surface area contributed by atoms with Crippen molar-refractivity contribution in [3.05, 3.63) is 102 Å². The number of carbonyl (C=O) groups excluding carboxylic acids is 1. The molecule has 0 unspecified atom stereocenters. The summed E-state index contributed by atoms with van der Waals surface area (Å²) in [5, 5.41) is 2.68. The maximum atomic E-state index is 13.5. The molecular formula is C29H27N3O5S2. The van der Waals surface area contributed by atoms with E-state index < -0.39 is 32.5 Å². The molecule has 0 aromatic heterocycles. The lowest BCUT2D eigenvalue weighted by Gasteiger charge is -2.31. The van der Waals surface area contributed by atoms with E-state index in [0.29, 0.717) is 22.6 Å². The summed E-state index contributed by atoms with van der Waals surface area (Å²) in [6.07, 6.45) is 0. The Labute approximate surface area is 228 Å². The molecular weight excluding hydrogens is 534 g/mol. The zero-order valence-electron chi connectivity index (χ0n) is 21.6. The predicted octanol–water partition coefficient (Wildman–Crippen LogP) is 5.23. The van der Waals surface area contributed by atoms with Crippen LogP contribution in [0.5, 0.6) is 0 Å². The highest BCUT2D eigenvalue weighted by Gasteiger charge is 2.35. The van der Waals surface area contributed by atoms with Gasteiger partial charge in [0.1, 0.15) is 6.54 Å². The average molecular weight is 562 g/mol. The standard InChI is InChI=1S/C29H27N3O5S2/c1-19-11-16-27-25(17-19)24-8-4-5-10-28(24)39(36,37)32(27)18-29(33)30-22-12-14-23(15-13-22)38(34,35)31-26-9-6-7-20(2)21(26)3/h4-17,31H,18H2,1-3H3,(H,30,33). The monoisotopic (exact) mass is 561 g/mol. The molecule has 0 bridgehead atoms. The van der Waals surface area contributed by atoms with E-state index in [-0.39, 0.29) is 9.79 Å². The molecule has 4 aromatic rings. The summed E-state index contributed by atoms with van der Waals surface area (Å²) >= 11 is 0. The Balaban J connectivity index is 1.35. The maximum Gasteiger partial charge on any atom is 0.265 e. The second kappa shape index (κ2) is 9.87. The lowest BCUT2D eigenvalue weighted by Crippen LogP contribution is -2.40. The van der Waals surface area contributed by atoms with Crippen LogP contribution in [0.15, 0.2) is 94.7 Å². The number of nitrogens with one attached hydrogen (secondary N) is 2. The van der Waals surface area contributed by atoms with Gasteiger partial charge in [0.15, 0.2) is 0 Å². The Hall–Kier alpha value is -4.15. The molecule has 1 aliphatic heterocycles. The van der Waals surface area contributed by atoms with E-state index >= 15 is 0 Å². The van der Waals surface area contributed by atoms with Crippen LogP contribution in [0.4, 0.5) is 17.1 Å². The topological polar surface area (TPSA) is 113 Å². The second-order valence-electron chi connectivity index (χ2n) is 9.45. The highest BCUT2D eigenvalue weighted by molar-refractivity contribution is 7.93. The van der Waals surface area contributed by atoms with Crippen molar-refractivity contribution in [2.45, 2.75) is 30.6 Å². The molecule has 0 fully saturated rings. The van der Waals surface area contributed by atoms with E-state index in [1.807, 2.05) is 32.9 Å². The summed E-state index contributed by atoms with van der Waals surface area (Å²) < 4.78 is 56.4. The number of nitrogens with zero attached hydrogens (tertiary/aromatic N) is 1. The number of aryl methyl sites for hydroxylation is 2. The Kier molecular flexibility index (Phi) is 6.69. The average Bonchev–Trinajstić information content (AvgIpc) is 2.90. The number of amides is 1. The molecule has 8 nitrogen and oxygen atoms in total. The van der Waals surface area contributed by atoms with Gasteiger partial charge in [0.05, 0.1) is 21.2 Å². The van der Waals surface area contributed by atoms with Gasteiger partial charge in [-0.1, -0.05) is 42.0 Å². The van der Waals surface area contributed by atoms with Crippen molar-refractivity contribution in [1.29, 1.82) is 0 Å². The number of carbonyl (C=O) groups is 1. The maximum absolute atomic E-state index is 13.5. The van der Waals surface area contributed by atoms with E-state index in [1.165, 1.54) is 30.3 Å². The Morgan fingerprint density at radius 3 is 2.31 bits per heavy atom. The molecule has 0 aliphatic carbocycles. The zero-order valence-corrected chi connectivity index (χ0v) is 23.2. The molecule has 0 atom stereocenters. The second-order valence-corrected chi connectivity index (χ2v) is 13.0. The van der Waals surface area contributed by atoms with Crippen molar-refractivity contribution >= 4 is 43.0 Å². The number of hydrogen-bond donors (Lipinski definition) is 2. The third-order valence-corrected chi connectivity index (χ3v) is 9.95. The van der Waals surface area contributed by atoms with Gasteiger partial charge in [-0.2, -0.15) is 0 Å². The van der Waals surface area contributed by atoms with Crippen LogP contribution in [0.25, 0.3) is 11.1 Å². The van der Waals surface area contributed by atoms with E-state index in [9.17, 15) is 21.6 Å². The van der Waals surface area contributed by atoms with Gasteiger partial charge >= 0.3 is 0 Å². The lowest BCUT2D eigenvalue weighted by atomic mass is 10.0. The Morgan fingerprint density at radius 1 is 0.846 bits per heavy atom. The van der Waals surface area contributed by atoms with Gasteiger partial charge in [-0.25, -0.2) is 16.8 Å². The van der Waals surface area contributed by atoms with E-state index in [2.05, 4.69) is 10.0 Å². The predicted molar refractivity (Wildman–Crippen MR) is 153 cm³/mol. The number of fused-ring (bicyclic) bond motifs is 3. The van der Waals surface area contributed by atoms with Crippen LogP contribution < -0.4 is 14.3 Å². The van der Waals surface area contributed by atoms with Gasteiger partial charge < -0.3 is 5.32 Å². The minimum absolute atomic E-state index is 0.0286. The fourth-order valence-electron chi connectivity index (χ4n) is 4.53. The highest BCUT2D eigenvalue weighted by atomic mass is 32.2. The molecule has 39 heavy (non-hydrogen) atoms. The summed E-state index contributed by atoms with van der Waals surface area (Å²) in [6.45, 7) is 5.22. The fourth-order valence-corrected chi connectivity index (χ4v) is 7.30. The van der Waals surface area contributed by atoms with Crippen molar-refractivity contribution in [3.8, 4) is 11.1 Å². The summed E-state index contributed by atoms with van der Waals surface area (Å²) in [5.74, 6) is -0.561. The number of hydrogen-bond acceptors (Lipinski definition) is 5. The Bertz CT molecular complexity index is 1820. The number of rotatable bonds is 6. The van der Waals surface area contributed by atoms with Gasteiger partial charge in [-0.05, 0) is 80.4 Å². The first-order valence-electron chi connectivity index (χ1n) is 12.2. The van der Waals surface area contributed by atoms with E-state index in [4.69, 9.17) is 0 Å². The number of anilines is 3. The molecule has 4 aromatic carbocycles. The Morgan fingerprint density at radius 2 is 1.56 bits per heavy atom. The summed E-state index contributed by atoms with van der Waals surface area (Å²) in [5.41, 5.74) is 5.35. The third kappa shape index (κ3) is 5.00. The minimum atomic E-state index is -3.97. The van der Waals surface area contributed by atoms with Crippen LogP contribution in [-0.4, -0.2) is 29.3 Å². The van der Waals surface area contributed by atoms with Crippen molar-refractivity contribution < 1.29 is 21.6 Å². The molecule has 0 saturated heterocycles. The van der Waals surface area contributed by atoms with Gasteiger partial charge in [-0.3, -0.25) is 13.8 Å². The molecule has 1 aliphatic rings. The van der Waals surface area contributed by atoms with E-state index in [1.54, 1.807) is 42.5 Å². The number of sulfonamides is 2. The summed E-state index contributed by atoms with van der Waals surface area (Å²) in [4.78, 5) is 13.2. The van der Waals surface area contributed by atoms with Gasteiger partial charge in [0.2, 0.25) is 5.91 Å². The first-order chi connectivity index (χ1) is 18.5. The van der Waals surface area contributed by atoms with Gasteiger partial charge in [-0.15, -0.1) is 0 Å². The first-order valence-corrected chi connectivity index (χ1v) is 15.1. The molecule has 5 rings (SSSR count). The molecule has 1 heterocycles. The van der Waals surface area contributed by atoms with Crippen molar-refractivity contribution in [3.63, 3.8) is 0 Å². The molecule has 1 amide bonds. The summed E-state index contributed by atoms with van der Waals surface area (Å²) in [7, 11) is -7.83. The SMILES string of the molecule is Cc1ccc2c(c1)-c1ccccc1S(=O)(=O)N2CC(=O)Nc1ccc(S(=O)(=O)Nc2cccc(C)c2C)cc1. The van der Waals surface area contributed by atoms with Gasteiger partial charge in [0.25, 0.3) is 20.0 Å². The molecule has 0 spiro atoms. The highest BCUT2D eigenvalue weighted by Crippen LogP contribution is 2.43. The molecule has 2 N–H and O–H groups in total. The van der Waals surface area contributed by atoms with Crippen LogP contribution >= 0.6 is 0 Å². The van der Waals surface area contributed by atoms with E-state index in [0.717, 1.165) is 26.6 Å². The normalized spacial score (nSPS) is 13.8. The lowest BCUT2D eigenvalue weighted by molar-refractivity contribution is -0.114. The van der Waals surface area contributed by atoms with Crippen LogP contribution in [0.2, 0.25) is 0 Å². The molecule has 200 valence electrons. The van der Waals surface area contributed by atoms with Gasteiger partial charge in [0, 0.05) is 16.8 Å². The van der Waals surface area contributed by atoms with Crippen LogP contribution in [0.3, 0.4) is 0 Å². The molecule has 0 radical (unpaired) electrons. The van der Waals surface area contributed by atoms with Crippen LogP contribution in [-0.2, 0) is 24.8 Å². The minimum Gasteiger partial charge on any atom is -0.325 e. The van der Waals surface area contributed by atoms with Crippen molar-refractivity contribution in [2.75, 3.05) is 20.9 Å². The molecule has 0 saturated carbocycles. The fraction of sp³-hybridized carbons (Fsp3) is 0.138. The molecule has 10 heteroatoms. The third-order valence-electron chi connectivity index (χ3n) is 6.75. The van der Waals surface area contributed by atoms with Crippen molar-refractivity contribution in [2.24, 2.45) is 0 Å². The largest absolute Gasteiger partial charge is 0.325 e. The van der Waals surface area contributed by atoms with Crippen molar-refractivity contribution in [1.82, 2.24) is 0 Å². The zero-order chi connectivity index (χ0) is 27.9.